The number of hydrogen-bond donors (Lipinski definition) is 2. The molecule has 2 heteroatoms. The normalized spacial score (nSPS) is 18.2. The van der Waals surface area contributed by atoms with Gasteiger partial charge >= 0.3 is 0 Å². The Bertz CT molecular complexity index is 522. The molecule has 0 spiro atoms. The minimum Gasteiger partial charge on any atom is -0.508 e. The monoisotopic (exact) mass is 225 g/mol. The lowest BCUT2D eigenvalue weighted by Crippen LogP contribution is -2.17. The molecular formula is C15H15NO. The molecular weight excluding hydrogens is 210 g/mol. The zero-order chi connectivity index (χ0) is 11.7. The fourth-order valence-corrected chi connectivity index (χ4v) is 2.54. The van der Waals surface area contributed by atoms with Gasteiger partial charge in [-0.15, -0.1) is 0 Å². The molecule has 1 aliphatic rings. The Kier molecular flexibility index (Phi) is 2.48. The summed E-state index contributed by atoms with van der Waals surface area (Å²) in [6.07, 6.45) is 1.07. The van der Waals surface area contributed by atoms with Gasteiger partial charge in [-0.3, -0.25) is 0 Å². The Hall–Kier alpha value is -1.96. The van der Waals surface area contributed by atoms with Crippen molar-refractivity contribution in [3.05, 3.63) is 59.7 Å². The zero-order valence-corrected chi connectivity index (χ0v) is 9.56. The fraction of sp³-hybridized carbons (Fsp3) is 0.200. The van der Waals surface area contributed by atoms with Gasteiger partial charge in [0.15, 0.2) is 0 Å². The van der Waals surface area contributed by atoms with Crippen molar-refractivity contribution in [1.29, 1.82) is 0 Å². The standard InChI is InChI=1S/C15H15NO/c17-12-6-7-15-14(10-12)13(8-9-16-15)11-4-2-1-3-5-11/h1-7,10,13,16-17H,8-9H2. The first-order valence-electron chi connectivity index (χ1n) is 5.96. The van der Waals surface area contributed by atoms with Gasteiger partial charge in [-0.05, 0) is 35.7 Å². The van der Waals surface area contributed by atoms with Crippen LogP contribution in [-0.2, 0) is 0 Å². The molecule has 0 saturated heterocycles. The minimum atomic E-state index is 0.341. The SMILES string of the molecule is Oc1ccc2c(c1)C(c1ccccc1)CCN2. The summed E-state index contributed by atoms with van der Waals surface area (Å²) in [4.78, 5) is 0. The van der Waals surface area contributed by atoms with Crippen molar-refractivity contribution in [2.75, 3.05) is 11.9 Å². The maximum Gasteiger partial charge on any atom is 0.116 e. The second kappa shape index (κ2) is 4.13. The first-order chi connectivity index (χ1) is 8.34. The summed E-state index contributed by atoms with van der Waals surface area (Å²) >= 11 is 0. The molecule has 0 bridgehead atoms. The molecule has 3 rings (SSSR count). The van der Waals surface area contributed by atoms with E-state index in [2.05, 4.69) is 29.6 Å². The van der Waals surface area contributed by atoms with E-state index >= 15 is 0 Å². The van der Waals surface area contributed by atoms with Crippen LogP contribution in [0.15, 0.2) is 48.5 Å². The molecule has 2 N–H and O–H groups in total. The Balaban J connectivity index is 2.08. The summed E-state index contributed by atoms with van der Waals surface area (Å²) in [5.74, 6) is 0.730. The van der Waals surface area contributed by atoms with Crippen molar-refractivity contribution >= 4 is 5.69 Å². The molecule has 1 unspecified atom stereocenters. The Morgan fingerprint density at radius 2 is 1.88 bits per heavy atom. The highest BCUT2D eigenvalue weighted by molar-refractivity contribution is 5.59. The van der Waals surface area contributed by atoms with Crippen LogP contribution in [0.1, 0.15) is 23.5 Å². The fourth-order valence-electron chi connectivity index (χ4n) is 2.54. The number of aromatic hydroxyl groups is 1. The van der Waals surface area contributed by atoms with Gasteiger partial charge in [-0.25, -0.2) is 0 Å². The van der Waals surface area contributed by atoms with Crippen LogP contribution in [0.3, 0.4) is 0 Å². The van der Waals surface area contributed by atoms with Crippen molar-refractivity contribution in [2.45, 2.75) is 12.3 Å². The van der Waals surface area contributed by atoms with Gasteiger partial charge in [-0.2, -0.15) is 0 Å². The van der Waals surface area contributed by atoms with E-state index in [4.69, 9.17) is 0 Å². The highest BCUT2D eigenvalue weighted by Crippen LogP contribution is 2.37. The van der Waals surface area contributed by atoms with Crippen LogP contribution in [0.4, 0.5) is 5.69 Å². The summed E-state index contributed by atoms with van der Waals surface area (Å²) < 4.78 is 0. The van der Waals surface area contributed by atoms with Gasteiger partial charge < -0.3 is 10.4 Å². The maximum atomic E-state index is 9.63. The lowest BCUT2D eigenvalue weighted by Gasteiger charge is -2.27. The van der Waals surface area contributed by atoms with Crippen molar-refractivity contribution in [2.24, 2.45) is 0 Å². The molecule has 2 aromatic rings. The molecule has 86 valence electrons. The van der Waals surface area contributed by atoms with E-state index in [9.17, 15) is 5.11 Å². The number of fused-ring (bicyclic) bond motifs is 1. The molecule has 0 aromatic heterocycles. The average Bonchev–Trinajstić information content (AvgIpc) is 2.39. The molecule has 2 nitrogen and oxygen atoms in total. The number of anilines is 1. The topological polar surface area (TPSA) is 32.3 Å². The number of phenols is 1. The second-order valence-electron chi connectivity index (χ2n) is 4.45. The molecule has 0 radical (unpaired) electrons. The quantitative estimate of drug-likeness (QED) is 0.729. The summed E-state index contributed by atoms with van der Waals surface area (Å²) in [6, 6.07) is 16.1. The second-order valence-corrected chi connectivity index (χ2v) is 4.45. The van der Waals surface area contributed by atoms with Gasteiger partial charge in [0, 0.05) is 18.2 Å². The summed E-state index contributed by atoms with van der Waals surface area (Å²) in [5.41, 5.74) is 3.66. The molecule has 1 atom stereocenters. The minimum absolute atomic E-state index is 0.341. The molecule has 0 amide bonds. The van der Waals surface area contributed by atoms with Crippen LogP contribution in [-0.4, -0.2) is 11.7 Å². The Morgan fingerprint density at radius 3 is 2.71 bits per heavy atom. The molecule has 17 heavy (non-hydrogen) atoms. The van der Waals surface area contributed by atoms with Crippen molar-refractivity contribution < 1.29 is 5.11 Å². The molecule has 2 aromatic carbocycles. The number of rotatable bonds is 1. The van der Waals surface area contributed by atoms with E-state index < -0.39 is 0 Å². The van der Waals surface area contributed by atoms with Gasteiger partial charge in [0.25, 0.3) is 0 Å². The first-order valence-corrected chi connectivity index (χ1v) is 5.96. The summed E-state index contributed by atoms with van der Waals surface area (Å²) in [5, 5.41) is 13.0. The van der Waals surface area contributed by atoms with Crippen LogP contribution in [0.25, 0.3) is 0 Å². The van der Waals surface area contributed by atoms with E-state index in [0.29, 0.717) is 11.7 Å². The van der Waals surface area contributed by atoms with E-state index in [-0.39, 0.29) is 0 Å². The van der Waals surface area contributed by atoms with Gasteiger partial charge in [0.1, 0.15) is 5.75 Å². The smallest absolute Gasteiger partial charge is 0.116 e. The maximum absolute atomic E-state index is 9.63. The average molecular weight is 225 g/mol. The van der Waals surface area contributed by atoms with Crippen molar-refractivity contribution in [3.8, 4) is 5.75 Å². The van der Waals surface area contributed by atoms with Gasteiger partial charge in [-0.1, -0.05) is 30.3 Å². The third-order valence-corrected chi connectivity index (χ3v) is 3.36. The van der Waals surface area contributed by atoms with Crippen LogP contribution < -0.4 is 5.32 Å². The van der Waals surface area contributed by atoms with Crippen LogP contribution in [0.5, 0.6) is 5.75 Å². The Labute approximate surface area is 101 Å². The first kappa shape index (κ1) is 10.2. The van der Waals surface area contributed by atoms with Crippen LogP contribution in [0.2, 0.25) is 0 Å². The number of hydrogen-bond acceptors (Lipinski definition) is 2. The van der Waals surface area contributed by atoms with E-state index in [1.807, 2.05) is 18.2 Å². The molecule has 0 aliphatic carbocycles. The summed E-state index contributed by atoms with van der Waals surface area (Å²) in [7, 11) is 0. The third-order valence-electron chi connectivity index (χ3n) is 3.36. The van der Waals surface area contributed by atoms with Crippen LogP contribution in [0, 0.1) is 0 Å². The number of phenolic OH excluding ortho intramolecular Hbond substituents is 1. The lowest BCUT2D eigenvalue weighted by molar-refractivity contribution is 0.473. The molecule has 0 saturated carbocycles. The summed E-state index contributed by atoms with van der Waals surface area (Å²) in [6.45, 7) is 0.983. The number of nitrogens with one attached hydrogen (secondary N) is 1. The highest BCUT2D eigenvalue weighted by atomic mass is 16.3. The van der Waals surface area contributed by atoms with E-state index in [1.54, 1.807) is 6.07 Å². The Morgan fingerprint density at radius 1 is 1.06 bits per heavy atom. The predicted octanol–water partition coefficient (Wildman–Crippen LogP) is 3.34. The molecule has 1 heterocycles. The largest absolute Gasteiger partial charge is 0.508 e. The predicted molar refractivity (Wildman–Crippen MR) is 69.5 cm³/mol. The van der Waals surface area contributed by atoms with Gasteiger partial charge in [0.2, 0.25) is 0 Å². The van der Waals surface area contributed by atoms with E-state index in [0.717, 1.165) is 18.7 Å². The molecule has 0 fully saturated rings. The van der Waals surface area contributed by atoms with E-state index in [1.165, 1.54) is 11.1 Å². The van der Waals surface area contributed by atoms with Gasteiger partial charge in [0.05, 0.1) is 0 Å². The number of benzene rings is 2. The lowest BCUT2D eigenvalue weighted by atomic mass is 9.85. The van der Waals surface area contributed by atoms with Crippen molar-refractivity contribution in [3.63, 3.8) is 0 Å². The molecule has 1 aliphatic heterocycles. The zero-order valence-electron chi connectivity index (χ0n) is 9.56. The third kappa shape index (κ3) is 1.86. The van der Waals surface area contributed by atoms with Crippen LogP contribution >= 0.6 is 0 Å². The highest BCUT2D eigenvalue weighted by Gasteiger charge is 2.21. The van der Waals surface area contributed by atoms with Crippen molar-refractivity contribution in [1.82, 2.24) is 0 Å².